The maximum absolute atomic E-state index is 11.4. The second-order valence-corrected chi connectivity index (χ2v) is 8.01. The molecule has 1 unspecified atom stereocenters. The fourth-order valence-electron chi connectivity index (χ4n) is 1.50. The molecule has 1 aromatic heterocycles. The predicted octanol–water partition coefficient (Wildman–Crippen LogP) is 2.23. The summed E-state index contributed by atoms with van der Waals surface area (Å²) in [6.45, 7) is 1.67. The zero-order valence-corrected chi connectivity index (χ0v) is 12.9. The number of thiophene rings is 1. The summed E-state index contributed by atoms with van der Waals surface area (Å²) in [5.41, 5.74) is 2.74. The van der Waals surface area contributed by atoms with E-state index in [0.29, 0.717) is 6.42 Å². The number of hydrazine groups is 1. The topological polar surface area (TPSA) is 72.2 Å². The molecule has 0 saturated heterocycles. The van der Waals surface area contributed by atoms with Crippen molar-refractivity contribution in [1.29, 1.82) is 0 Å². The summed E-state index contributed by atoms with van der Waals surface area (Å²) in [4.78, 5) is 1.11. The van der Waals surface area contributed by atoms with Crippen molar-refractivity contribution in [3.63, 3.8) is 0 Å². The highest BCUT2D eigenvalue weighted by atomic mass is 79.9. The van der Waals surface area contributed by atoms with Crippen molar-refractivity contribution in [2.75, 3.05) is 11.5 Å². The molecule has 0 spiro atoms. The predicted molar refractivity (Wildman–Crippen MR) is 75.6 cm³/mol. The third-order valence-electron chi connectivity index (χ3n) is 2.55. The number of halogens is 1. The Hall–Kier alpha value is 0.0500. The maximum Gasteiger partial charge on any atom is 0.150 e. The molecule has 1 heterocycles. The molecule has 0 amide bonds. The lowest BCUT2D eigenvalue weighted by Gasteiger charge is -2.14. The van der Waals surface area contributed by atoms with Gasteiger partial charge in [-0.05, 0) is 40.2 Å². The highest BCUT2D eigenvalue weighted by Crippen LogP contribution is 2.31. The van der Waals surface area contributed by atoms with Gasteiger partial charge >= 0.3 is 0 Å². The highest BCUT2D eigenvalue weighted by Gasteiger charge is 2.16. The molecule has 0 aliphatic heterocycles. The van der Waals surface area contributed by atoms with Gasteiger partial charge in [-0.15, -0.1) is 11.3 Å². The van der Waals surface area contributed by atoms with Crippen LogP contribution >= 0.6 is 27.3 Å². The van der Waals surface area contributed by atoms with Crippen LogP contribution in [0.1, 0.15) is 30.7 Å². The molecule has 1 rings (SSSR count). The van der Waals surface area contributed by atoms with E-state index in [4.69, 9.17) is 5.84 Å². The smallest absolute Gasteiger partial charge is 0.150 e. The Morgan fingerprint density at radius 1 is 1.59 bits per heavy atom. The van der Waals surface area contributed by atoms with Gasteiger partial charge in [0.1, 0.15) is 9.84 Å². The van der Waals surface area contributed by atoms with E-state index in [1.54, 1.807) is 18.3 Å². The summed E-state index contributed by atoms with van der Waals surface area (Å²) in [5, 5.41) is 1.98. The van der Waals surface area contributed by atoms with Crippen LogP contribution in [0.3, 0.4) is 0 Å². The number of rotatable bonds is 7. The monoisotopic (exact) mass is 340 g/mol. The van der Waals surface area contributed by atoms with E-state index < -0.39 is 9.84 Å². The van der Waals surface area contributed by atoms with Gasteiger partial charge in [0.2, 0.25) is 0 Å². The molecular weight excluding hydrogens is 324 g/mol. The molecule has 0 bridgehead atoms. The van der Waals surface area contributed by atoms with Crippen LogP contribution in [0.5, 0.6) is 0 Å². The molecule has 17 heavy (non-hydrogen) atoms. The minimum Gasteiger partial charge on any atom is -0.271 e. The summed E-state index contributed by atoms with van der Waals surface area (Å²) in [6, 6.07) is 1.98. The van der Waals surface area contributed by atoms with Crippen LogP contribution in [0.2, 0.25) is 0 Å². The molecule has 0 saturated carbocycles. The molecule has 1 aromatic rings. The molecule has 4 nitrogen and oxygen atoms in total. The van der Waals surface area contributed by atoms with Crippen molar-refractivity contribution in [3.05, 3.63) is 20.8 Å². The lowest BCUT2D eigenvalue weighted by molar-refractivity contribution is 0.513. The minimum atomic E-state index is -2.88. The zero-order valence-electron chi connectivity index (χ0n) is 9.65. The fourth-order valence-corrected chi connectivity index (χ4v) is 4.14. The quantitative estimate of drug-likeness (QED) is 0.589. The Morgan fingerprint density at radius 2 is 2.29 bits per heavy atom. The standard InChI is InChI=1S/C10H17BrN2O2S2/c1-2-17(14,15)7-3-4-9(13-12)10-8(11)5-6-16-10/h5-6,9,13H,2-4,7,12H2,1H3. The Bertz CT molecular complexity index is 445. The van der Waals surface area contributed by atoms with Crippen molar-refractivity contribution < 1.29 is 8.42 Å². The van der Waals surface area contributed by atoms with Crippen molar-refractivity contribution >= 4 is 37.1 Å². The first kappa shape index (κ1) is 15.1. The van der Waals surface area contributed by atoms with Gasteiger partial charge in [0.25, 0.3) is 0 Å². The summed E-state index contributed by atoms with van der Waals surface area (Å²) in [6.07, 6.45) is 1.34. The van der Waals surface area contributed by atoms with Gasteiger partial charge in [0.05, 0.1) is 11.8 Å². The van der Waals surface area contributed by atoms with Crippen LogP contribution in [-0.2, 0) is 9.84 Å². The normalized spacial score (nSPS) is 13.8. The van der Waals surface area contributed by atoms with Gasteiger partial charge in [-0.1, -0.05) is 6.92 Å². The second-order valence-electron chi connectivity index (χ2n) is 3.73. The van der Waals surface area contributed by atoms with Gasteiger partial charge in [-0.2, -0.15) is 0 Å². The van der Waals surface area contributed by atoms with E-state index in [2.05, 4.69) is 21.4 Å². The molecule has 0 fully saturated rings. The van der Waals surface area contributed by atoms with E-state index in [1.807, 2.05) is 11.4 Å². The first-order valence-corrected chi connectivity index (χ1v) is 8.89. The summed E-state index contributed by atoms with van der Waals surface area (Å²) in [5.74, 6) is 5.93. The average Bonchev–Trinajstić information content (AvgIpc) is 2.71. The first-order valence-electron chi connectivity index (χ1n) is 5.39. The van der Waals surface area contributed by atoms with E-state index in [0.717, 1.165) is 15.8 Å². The maximum atomic E-state index is 11.4. The minimum absolute atomic E-state index is 0.0106. The third kappa shape index (κ3) is 4.67. The zero-order chi connectivity index (χ0) is 12.9. The molecular formula is C10H17BrN2O2S2. The van der Waals surface area contributed by atoms with Gasteiger partial charge in [0, 0.05) is 15.1 Å². The summed E-state index contributed by atoms with van der Waals surface area (Å²) in [7, 11) is -2.88. The van der Waals surface area contributed by atoms with Crippen LogP contribution < -0.4 is 11.3 Å². The Balaban J connectivity index is 2.52. The van der Waals surface area contributed by atoms with Crippen LogP contribution in [0.25, 0.3) is 0 Å². The van der Waals surface area contributed by atoms with Gasteiger partial charge in [-0.25, -0.2) is 8.42 Å². The molecule has 0 aliphatic rings. The highest BCUT2D eigenvalue weighted by molar-refractivity contribution is 9.10. The number of nitrogens with one attached hydrogen (secondary N) is 1. The second kappa shape index (κ2) is 6.84. The molecule has 7 heteroatoms. The van der Waals surface area contributed by atoms with Crippen molar-refractivity contribution in [2.45, 2.75) is 25.8 Å². The Morgan fingerprint density at radius 3 is 2.76 bits per heavy atom. The molecule has 1 atom stereocenters. The number of nitrogens with two attached hydrogens (primary N) is 1. The van der Waals surface area contributed by atoms with Gasteiger partial charge in [-0.3, -0.25) is 11.3 Å². The van der Waals surface area contributed by atoms with Crippen molar-refractivity contribution in [1.82, 2.24) is 5.43 Å². The number of hydrogen-bond acceptors (Lipinski definition) is 5. The number of hydrogen-bond donors (Lipinski definition) is 2. The molecule has 0 aliphatic carbocycles. The molecule has 0 aromatic carbocycles. The van der Waals surface area contributed by atoms with Gasteiger partial charge in [0.15, 0.2) is 0 Å². The Labute approximate surface area is 115 Å². The lowest BCUT2D eigenvalue weighted by Crippen LogP contribution is -2.28. The van der Waals surface area contributed by atoms with Crippen molar-refractivity contribution in [2.24, 2.45) is 5.84 Å². The largest absolute Gasteiger partial charge is 0.271 e. The molecule has 3 N–H and O–H groups in total. The van der Waals surface area contributed by atoms with Gasteiger partial charge < -0.3 is 0 Å². The van der Waals surface area contributed by atoms with E-state index in [1.165, 1.54) is 0 Å². The van der Waals surface area contributed by atoms with Crippen LogP contribution in [-0.4, -0.2) is 19.9 Å². The van der Waals surface area contributed by atoms with Crippen LogP contribution in [0.4, 0.5) is 0 Å². The molecule has 0 radical (unpaired) electrons. The third-order valence-corrected chi connectivity index (χ3v) is 6.33. The van der Waals surface area contributed by atoms with E-state index in [9.17, 15) is 8.42 Å². The van der Waals surface area contributed by atoms with Crippen molar-refractivity contribution in [3.8, 4) is 0 Å². The van der Waals surface area contributed by atoms with E-state index in [-0.39, 0.29) is 17.5 Å². The Kier molecular flexibility index (Phi) is 6.08. The fraction of sp³-hybridized carbons (Fsp3) is 0.600. The lowest BCUT2D eigenvalue weighted by atomic mass is 10.1. The SMILES string of the molecule is CCS(=O)(=O)CCCC(NN)c1sccc1Br. The summed E-state index contributed by atoms with van der Waals surface area (Å²) >= 11 is 5.06. The first-order chi connectivity index (χ1) is 8.00. The average molecular weight is 341 g/mol. The van der Waals surface area contributed by atoms with Crippen LogP contribution in [0, 0.1) is 0 Å². The van der Waals surface area contributed by atoms with Crippen LogP contribution in [0.15, 0.2) is 15.9 Å². The van der Waals surface area contributed by atoms with E-state index >= 15 is 0 Å². The number of sulfone groups is 1. The summed E-state index contributed by atoms with van der Waals surface area (Å²) < 4.78 is 23.7. The molecule has 98 valence electrons.